The second-order valence-corrected chi connectivity index (χ2v) is 16.4. The van der Waals surface area contributed by atoms with Crippen molar-refractivity contribution in [3.8, 4) is 17.2 Å². The van der Waals surface area contributed by atoms with E-state index in [0.29, 0.717) is 18.8 Å². The Kier molecular flexibility index (Phi) is 22.1. The number of hydrogen-bond acceptors (Lipinski definition) is 9. The van der Waals surface area contributed by atoms with Crippen molar-refractivity contribution in [1.82, 2.24) is 14.7 Å². The lowest BCUT2D eigenvalue weighted by Crippen LogP contribution is -2.34. The molecule has 314 valence electrons. The molecule has 3 saturated heterocycles. The van der Waals surface area contributed by atoms with Gasteiger partial charge in [0, 0.05) is 48.2 Å². The van der Waals surface area contributed by atoms with Crippen molar-refractivity contribution in [2.45, 2.75) is 90.9 Å². The molecule has 57 heavy (non-hydrogen) atoms. The van der Waals surface area contributed by atoms with E-state index < -0.39 is 4.92 Å². The molecule has 0 bridgehead atoms. The summed E-state index contributed by atoms with van der Waals surface area (Å²) in [5.41, 5.74) is 0.868. The van der Waals surface area contributed by atoms with Gasteiger partial charge in [0.15, 0.2) is 5.78 Å². The Balaban J connectivity index is 0.000000190. The quantitative estimate of drug-likeness (QED) is 0.0536. The molecule has 3 heterocycles. The van der Waals surface area contributed by atoms with Gasteiger partial charge in [-0.05, 0) is 164 Å². The van der Waals surface area contributed by atoms with Crippen LogP contribution in [0.1, 0.15) is 101 Å². The minimum atomic E-state index is -0.403. The standard InChI is InChI=1S/C18H27NO2.C14H20BrNO.C14H20N2O3/c1-3-18(20)16-5-7-17(8-6-16)21-14-4-11-19-12-9-15(2)10-13-19;15-13-5-7-14(8-6-13)17-12-4-11-16-9-2-1-3-10-16;17-16(18)13-5-7-14(8-6-13)19-12-4-11-15-9-2-1-3-10-15/h5-8,15H,3-4,9-14H2,1-2H3;5-8H,1-4,9-12H2;5-8H,1-4,9-12H2. The maximum absolute atomic E-state index is 11.5. The lowest BCUT2D eigenvalue weighted by Gasteiger charge is -2.30. The Labute approximate surface area is 350 Å². The van der Waals surface area contributed by atoms with Gasteiger partial charge in [-0.3, -0.25) is 14.9 Å². The molecular formula is C46H67BrN4O6. The van der Waals surface area contributed by atoms with Crippen LogP contribution in [0.15, 0.2) is 77.3 Å². The largest absolute Gasteiger partial charge is 0.494 e. The van der Waals surface area contributed by atoms with Crippen LogP contribution in [0, 0.1) is 16.0 Å². The summed E-state index contributed by atoms with van der Waals surface area (Å²) in [6, 6.07) is 21.8. The monoisotopic (exact) mass is 850 g/mol. The number of Topliss-reactive ketones (excluding diaryl/α,β-unsaturated/α-hetero) is 1. The number of carbonyl (C=O) groups excluding carboxylic acids is 1. The summed E-state index contributed by atoms with van der Waals surface area (Å²) in [5, 5.41) is 10.5. The molecule has 0 aliphatic carbocycles. The van der Waals surface area contributed by atoms with Gasteiger partial charge in [-0.2, -0.15) is 0 Å². The number of ketones is 1. The van der Waals surface area contributed by atoms with E-state index in [1.165, 1.54) is 109 Å². The fourth-order valence-corrected chi connectivity index (χ4v) is 7.49. The number of nitro groups is 1. The topological polar surface area (TPSA) is 97.6 Å². The van der Waals surface area contributed by atoms with Gasteiger partial charge in [0.25, 0.3) is 5.69 Å². The van der Waals surface area contributed by atoms with Crippen molar-refractivity contribution in [3.63, 3.8) is 0 Å². The fraction of sp³-hybridized carbons (Fsp3) is 0.587. The highest BCUT2D eigenvalue weighted by Crippen LogP contribution is 2.20. The zero-order valence-electron chi connectivity index (χ0n) is 34.6. The number of hydrogen-bond donors (Lipinski definition) is 0. The third-order valence-electron chi connectivity index (χ3n) is 10.8. The molecule has 3 aliphatic rings. The van der Waals surface area contributed by atoms with Gasteiger partial charge < -0.3 is 28.9 Å². The van der Waals surface area contributed by atoms with E-state index in [-0.39, 0.29) is 11.5 Å². The Morgan fingerprint density at radius 3 is 1.42 bits per heavy atom. The number of ether oxygens (including phenoxy) is 3. The molecular weight excluding hydrogens is 784 g/mol. The molecule has 0 aromatic heterocycles. The second-order valence-electron chi connectivity index (χ2n) is 15.4. The van der Waals surface area contributed by atoms with Gasteiger partial charge in [-0.15, -0.1) is 0 Å². The third kappa shape index (κ3) is 19.2. The zero-order chi connectivity index (χ0) is 40.5. The van der Waals surface area contributed by atoms with Gasteiger partial charge in [0.2, 0.25) is 0 Å². The molecule has 3 aromatic carbocycles. The summed E-state index contributed by atoms with van der Waals surface area (Å²) < 4.78 is 18.1. The van der Waals surface area contributed by atoms with Crippen molar-refractivity contribution in [1.29, 1.82) is 0 Å². The molecule has 0 spiro atoms. The molecule has 0 N–H and O–H groups in total. The fourth-order valence-electron chi connectivity index (χ4n) is 7.22. The lowest BCUT2D eigenvalue weighted by molar-refractivity contribution is -0.384. The zero-order valence-corrected chi connectivity index (χ0v) is 36.2. The first-order valence-electron chi connectivity index (χ1n) is 21.5. The van der Waals surface area contributed by atoms with Gasteiger partial charge >= 0.3 is 0 Å². The van der Waals surface area contributed by atoms with E-state index in [1.54, 1.807) is 12.1 Å². The van der Waals surface area contributed by atoms with E-state index >= 15 is 0 Å². The number of nitrogens with zero attached hydrogens (tertiary/aromatic N) is 4. The molecule has 10 nitrogen and oxygen atoms in total. The van der Waals surface area contributed by atoms with Crippen LogP contribution in [-0.2, 0) is 0 Å². The predicted octanol–water partition coefficient (Wildman–Crippen LogP) is 10.3. The second kappa shape index (κ2) is 27.2. The van der Waals surface area contributed by atoms with Gasteiger partial charge in [0.1, 0.15) is 17.2 Å². The van der Waals surface area contributed by atoms with Crippen molar-refractivity contribution in [3.05, 3.63) is 92.9 Å². The SMILES string of the molecule is Brc1ccc(OCCCN2CCCCC2)cc1.CCC(=O)c1ccc(OCCCN2CCC(C)CC2)cc1.O=[N+]([O-])c1ccc(OCCCN2CCCCC2)cc1. The summed E-state index contributed by atoms with van der Waals surface area (Å²) in [5.74, 6) is 3.59. The number of likely N-dealkylation sites (tertiary alicyclic amines) is 3. The summed E-state index contributed by atoms with van der Waals surface area (Å²) >= 11 is 3.42. The summed E-state index contributed by atoms with van der Waals surface area (Å²) in [6.45, 7) is 17.2. The summed E-state index contributed by atoms with van der Waals surface area (Å²) in [4.78, 5) is 29.2. The first kappa shape index (κ1) is 46.2. The number of non-ortho nitro benzene ring substituents is 1. The average Bonchev–Trinajstić information content (AvgIpc) is 3.25. The number of piperidine rings is 3. The number of carbonyl (C=O) groups is 1. The molecule has 3 fully saturated rings. The lowest BCUT2D eigenvalue weighted by atomic mass is 9.99. The van der Waals surface area contributed by atoms with Crippen molar-refractivity contribution in [2.24, 2.45) is 5.92 Å². The maximum Gasteiger partial charge on any atom is 0.269 e. The molecule has 3 aliphatic heterocycles. The highest BCUT2D eigenvalue weighted by molar-refractivity contribution is 9.10. The maximum atomic E-state index is 11.5. The van der Waals surface area contributed by atoms with Crippen LogP contribution >= 0.6 is 15.9 Å². The molecule has 0 radical (unpaired) electrons. The van der Waals surface area contributed by atoms with E-state index in [0.717, 1.165) is 73.0 Å². The van der Waals surface area contributed by atoms with Crippen molar-refractivity contribution in [2.75, 3.05) is 78.7 Å². The number of halogens is 1. The van der Waals surface area contributed by atoms with E-state index in [4.69, 9.17) is 14.2 Å². The smallest absolute Gasteiger partial charge is 0.269 e. The average molecular weight is 852 g/mol. The van der Waals surface area contributed by atoms with E-state index in [9.17, 15) is 14.9 Å². The van der Waals surface area contributed by atoms with Crippen LogP contribution in [0.5, 0.6) is 17.2 Å². The molecule has 0 unspecified atom stereocenters. The Hall–Kier alpha value is -3.51. The first-order valence-corrected chi connectivity index (χ1v) is 22.3. The molecule has 3 aromatic rings. The predicted molar refractivity (Wildman–Crippen MR) is 234 cm³/mol. The Morgan fingerprint density at radius 1 is 0.632 bits per heavy atom. The minimum absolute atomic E-state index is 0.0978. The highest BCUT2D eigenvalue weighted by atomic mass is 79.9. The molecule has 0 amide bonds. The highest BCUT2D eigenvalue weighted by Gasteiger charge is 2.15. The van der Waals surface area contributed by atoms with Crippen LogP contribution in [0.4, 0.5) is 5.69 Å². The van der Waals surface area contributed by atoms with Crippen LogP contribution in [0.2, 0.25) is 0 Å². The molecule has 0 atom stereocenters. The van der Waals surface area contributed by atoms with Crippen LogP contribution in [0.25, 0.3) is 0 Å². The van der Waals surface area contributed by atoms with Crippen molar-refractivity contribution < 1.29 is 23.9 Å². The third-order valence-corrected chi connectivity index (χ3v) is 11.3. The Morgan fingerprint density at radius 2 is 1.02 bits per heavy atom. The van der Waals surface area contributed by atoms with E-state index in [2.05, 4.69) is 37.6 Å². The van der Waals surface area contributed by atoms with Crippen molar-refractivity contribution >= 4 is 27.4 Å². The van der Waals surface area contributed by atoms with Crippen LogP contribution in [-0.4, -0.2) is 104 Å². The molecule has 11 heteroatoms. The molecule has 6 rings (SSSR count). The van der Waals surface area contributed by atoms with Gasteiger partial charge in [-0.25, -0.2) is 0 Å². The van der Waals surface area contributed by atoms with Crippen LogP contribution < -0.4 is 14.2 Å². The normalized spacial score (nSPS) is 16.7. The molecule has 0 saturated carbocycles. The first-order chi connectivity index (χ1) is 27.8. The van der Waals surface area contributed by atoms with Gasteiger partial charge in [0.05, 0.1) is 24.7 Å². The number of rotatable bonds is 18. The van der Waals surface area contributed by atoms with Crippen LogP contribution in [0.3, 0.4) is 0 Å². The van der Waals surface area contributed by atoms with E-state index in [1.807, 2.05) is 55.5 Å². The van der Waals surface area contributed by atoms with Gasteiger partial charge in [-0.1, -0.05) is 42.6 Å². The summed E-state index contributed by atoms with van der Waals surface area (Å²) in [6.07, 6.45) is 14.5. The number of nitro benzene ring substituents is 1. The minimum Gasteiger partial charge on any atom is -0.494 e. The summed E-state index contributed by atoms with van der Waals surface area (Å²) in [7, 11) is 0. The number of benzene rings is 3. The Bertz CT molecular complexity index is 1520.